The summed E-state index contributed by atoms with van der Waals surface area (Å²) in [7, 11) is 1.43. The Bertz CT molecular complexity index is 1110. The molecule has 0 aliphatic carbocycles. The van der Waals surface area contributed by atoms with Gasteiger partial charge in [-0.1, -0.05) is 11.6 Å². The number of hydrogen-bond donors (Lipinski definition) is 0. The molecule has 26 heavy (non-hydrogen) atoms. The summed E-state index contributed by atoms with van der Waals surface area (Å²) in [6.45, 7) is 1.69. The molecule has 0 radical (unpaired) electrons. The fourth-order valence-corrected chi connectivity index (χ4v) is 2.69. The monoisotopic (exact) mass is 377 g/mol. The highest BCUT2D eigenvalue weighted by molar-refractivity contribution is 6.31. The van der Waals surface area contributed by atoms with Crippen molar-refractivity contribution in [1.29, 1.82) is 0 Å². The number of nitrogens with zero attached hydrogens (tertiary/aromatic N) is 3. The Labute approximate surface area is 151 Å². The zero-order valence-electron chi connectivity index (χ0n) is 13.8. The Kier molecular flexibility index (Phi) is 4.60. The van der Waals surface area contributed by atoms with E-state index in [4.69, 9.17) is 16.3 Å². The highest BCUT2D eigenvalue weighted by atomic mass is 35.5. The molecule has 0 unspecified atom stereocenters. The third-order valence-electron chi connectivity index (χ3n) is 3.78. The van der Waals surface area contributed by atoms with Gasteiger partial charge in [-0.15, -0.1) is 0 Å². The van der Waals surface area contributed by atoms with E-state index in [1.807, 2.05) is 0 Å². The Hall–Kier alpha value is -3.00. The van der Waals surface area contributed by atoms with Crippen LogP contribution in [0.2, 0.25) is 5.02 Å². The first-order chi connectivity index (χ1) is 12.4. The number of amides is 1. The molecule has 0 spiro atoms. The second-order valence-electron chi connectivity index (χ2n) is 5.43. The molecular weight excluding hydrogens is 365 g/mol. The van der Waals surface area contributed by atoms with E-state index in [0.717, 1.165) is 11.1 Å². The van der Waals surface area contributed by atoms with Crippen molar-refractivity contribution in [1.82, 2.24) is 9.66 Å². The molecule has 0 fully saturated rings. The van der Waals surface area contributed by atoms with Gasteiger partial charge < -0.3 is 4.74 Å². The van der Waals surface area contributed by atoms with Crippen molar-refractivity contribution in [2.75, 3.05) is 18.7 Å². The first kappa shape index (κ1) is 17.8. The SMILES string of the molecule is CCOC(=O)c1cn(N(C)C=O)c2nc3cc(Cl)c(F)cc3cc2c1=O. The molecule has 1 aromatic carbocycles. The summed E-state index contributed by atoms with van der Waals surface area (Å²) >= 11 is 5.79. The molecule has 0 atom stereocenters. The van der Waals surface area contributed by atoms with Crippen molar-refractivity contribution in [2.45, 2.75) is 6.92 Å². The Morgan fingerprint density at radius 2 is 2.15 bits per heavy atom. The lowest BCUT2D eigenvalue weighted by Gasteiger charge is -2.18. The van der Waals surface area contributed by atoms with Gasteiger partial charge >= 0.3 is 5.97 Å². The van der Waals surface area contributed by atoms with Gasteiger partial charge in [-0.3, -0.25) is 14.6 Å². The van der Waals surface area contributed by atoms with Crippen LogP contribution in [0.25, 0.3) is 21.9 Å². The van der Waals surface area contributed by atoms with Gasteiger partial charge in [-0.25, -0.2) is 18.8 Å². The molecule has 2 aromatic heterocycles. The van der Waals surface area contributed by atoms with Crippen molar-refractivity contribution >= 4 is 45.9 Å². The third kappa shape index (κ3) is 2.88. The molecule has 7 nitrogen and oxygen atoms in total. The highest BCUT2D eigenvalue weighted by Gasteiger charge is 2.19. The summed E-state index contributed by atoms with van der Waals surface area (Å²) in [5.74, 6) is -1.48. The molecular formula is C17H13ClFN3O4. The molecule has 3 aromatic rings. The van der Waals surface area contributed by atoms with Crippen LogP contribution in [-0.2, 0) is 9.53 Å². The van der Waals surface area contributed by atoms with Crippen molar-refractivity contribution in [3.05, 3.63) is 51.0 Å². The minimum atomic E-state index is -0.824. The average Bonchev–Trinajstić information content (AvgIpc) is 2.61. The lowest BCUT2D eigenvalue weighted by Crippen LogP contribution is -2.32. The summed E-state index contributed by atoms with van der Waals surface area (Å²) in [6.07, 6.45) is 1.67. The average molecular weight is 378 g/mol. The predicted octanol–water partition coefficient (Wildman–Crippen LogP) is 2.24. The fraction of sp³-hybridized carbons (Fsp3) is 0.176. The van der Waals surface area contributed by atoms with Crippen LogP contribution < -0.4 is 10.4 Å². The summed E-state index contributed by atoms with van der Waals surface area (Å²) in [5, 5.41) is 1.36. The zero-order valence-corrected chi connectivity index (χ0v) is 14.6. The lowest BCUT2D eigenvalue weighted by atomic mass is 10.1. The first-order valence-electron chi connectivity index (χ1n) is 7.58. The fourth-order valence-electron chi connectivity index (χ4n) is 2.53. The van der Waals surface area contributed by atoms with Crippen LogP contribution in [0.15, 0.2) is 29.2 Å². The van der Waals surface area contributed by atoms with Gasteiger partial charge in [-0.05, 0) is 25.1 Å². The second-order valence-corrected chi connectivity index (χ2v) is 5.84. The van der Waals surface area contributed by atoms with Gasteiger partial charge in [0.25, 0.3) is 0 Å². The van der Waals surface area contributed by atoms with Gasteiger partial charge in [-0.2, -0.15) is 0 Å². The second kappa shape index (κ2) is 6.72. The number of rotatable bonds is 4. The van der Waals surface area contributed by atoms with Crippen molar-refractivity contribution < 1.29 is 18.7 Å². The highest BCUT2D eigenvalue weighted by Crippen LogP contribution is 2.24. The normalized spacial score (nSPS) is 10.9. The Balaban J connectivity index is 2.44. The van der Waals surface area contributed by atoms with Crippen LogP contribution >= 0.6 is 11.6 Å². The molecule has 2 heterocycles. The maximum absolute atomic E-state index is 13.7. The molecule has 134 valence electrons. The van der Waals surface area contributed by atoms with Crippen LogP contribution in [0.5, 0.6) is 0 Å². The maximum atomic E-state index is 13.7. The maximum Gasteiger partial charge on any atom is 0.343 e. The van der Waals surface area contributed by atoms with Gasteiger partial charge in [0.05, 0.1) is 22.5 Å². The molecule has 0 saturated heterocycles. The molecule has 0 N–H and O–H groups in total. The summed E-state index contributed by atoms with van der Waals surface area (Å²) in [4.78, 5) is 40.3. The van der Waals surface area contributed by atoms with Crippen LogP contribution in [0.1, 0.15) is 17.3 Å². The van der Waals surface area contributed by atoms with Gasteiger partial charge in [0.2, 0.25) is 11.8 Å². The number of benzene rings is 1. The topological polar surface area (TPSA) is 81.5 Å². The van der Waals surface area contributed by atoms with Crippen LogP contribution in [0.3, 0.4) is 0 Å². The quantitative estimate of drug-likeness (QED) is 0.395. The number of pyridine rings is 2. The number of carbonyl (C=O) groups is 2. The van der Waals surface area contributed by atoms with E-state index in [1.165, 1.54) is 30.1 Å². The Morgan fingerprint density at radius 1 is 1.42 bits per heavy atom. The number of carbonyl (C=O) groups excluding carboxylic acids is 2. The minimum Gasteiger partial charge on any atom is -0.462 e. The van der Waals surface area contributed by atoms with E-state index in [-0.39, 0.29) is 28.2 Å². The van der Waals surface area contributed by atoms with E-state index >= 15 is 0 Å². The number of halogens is 2. The van der Waals surface area contributed by atoms with Gasteiger partial charge in [0.1, 0.15) is 11.4 Å². The molecule has 9 heteroatoms. The van der Waals surface area contributed by atoms with Crippen LogP contribution in [0.4, 0.5) is 4.39 Å². The standard InChI is InChI=1S/C17H13ClFN3O4/c1-3-26-17(25)11-7-22(21(2)8-23)16-10(15(11)24)4-9-5-13(19)12(18)6-14(9)20-16/h4-8H,3H2,1-2H3. The summed E-state index contributed by atoms with van der Waals surface area (Å²) < 4.78 is 19.9. The van der Waals surface area contributed by atoms with E-state index in [9.17, 15) is 18.8 Å². The van der Waals surface area contributed by atoms with Crippen molar-refractivity contribution in [2.24, 2.45) is 0 Å². The third-order valence-corrected chi connectivity index (χ3v) is 4.07. The van der Waals surface area contributed by atoms with Gasteiger partial charge in [0, 0.05) is 18.6 Å². The molecule has 0 aliphatic heterocycles. The summed E-state index contributed by atoms with van der Waals surface area (Å²) in [6, 6.07) is 3.87. The number of aromatic nitrogens is 2. The molecule has 0 bridgehead atoms. The predicted molar refractivity (Wildman–Crippen MR) is 94.6 cm³/mol. The van der Waals surface area contributed by atoms with E-state index in [2.05, 4.69) is 4.98 Å². The largest absolute Gasteiger partial charge is 0.462 e. The van der Waals surface area contributed by atoms with E-state index < -0.39 is 17.2 Å². The number of ether oxygens (including phenoxy) is 1. The van der Waals surface area contributed by atoms with Crippen LogP contribution in [0, 0.1) is 5.82 Å². The van der Waals surface area contributed by atoms with E-state index in [0.29, 0.717) is 17.3 Å². The molecule has 1 amide bonds. The lowest BCUT2D eigenvalue weighted by molar-refractivity contribution is -0.108. The zero-order chi connectivity index (χ0) is 19.0. The van der Waals surface area contributed by atoms with E-state index in [1.54, 1.807) is 6.92 Å². The molecule has 0 saturated carbocycles. The number of esters is 1. The summed E-state index contributed by atoms with van der Waals surface area (Å²) in [5.41, 5.74) is -0.435. The Morgan fingerprint density at radius 3 is 2.81 bits per heavy atom. The van der Waals surface area contributed by atoms with Crippen molar-refractivity contribution in [3.63, 3.8) is 0 Å². The molecule has 3 rings (SSSR count). The molecule has 0 aliphatic rings. The van der Waals surface area contributed by atoms with Crippen LogP contribution in [-0.4, -0.2) is 35.7 Å². The number of hydrogen-bond acceptors (Lipinski definition) is 5. The first-order valence-corrected chi connectivity index (χ1v) is 7.95. The van der Waals surface area contributed by atoms with Crippen molar-refractivity contribution in [3.8, 4) is 0 Å². The minimum absolute atomic E-state index is 0.0403. The smallest absolute Gasteiger partial charge is 0.343 e. The number of fused-ring (bicyclic) bond motifs is 2. The van der Waals surface area contributed by atoms with Gasteiger partial charge in [0.15, 0.2) is 5.65 Å².